The monoisotopic (exact) mass is 412 g/mol. The molecule has 1 atom stereocenters. The van der Waals surface area contributed by atoms with Crippen LogP contribution in [0.3, 0.4) is 0 Å². The van der Waals surface area contributed by atoms with Crippen LogP contribution >= 0.6 is 0 Å². The molecule has 1 aliphatic heterocycles. The number of imide groups is 1. The van der Waals surface area contributed by atoms with Crippen LogP contribution in [0.15, 0.2) is 24.3 Å². The summed E-state index contributed by atoms with van der Waals surface area (Å²) < 4.78 is 41.1. The maximum absolute atomic E-state index is 12.4. The number of benzene rings is 1. The Balaban J connectivity index is 1.52. The number of nitrogens with one attached hydrogen (secondary N) is 1. The van der Waals surface area contributed by atoms with Gasteiger partial charge in [-0.25, -0.2) is 27.6 Å². The SMILES string of the molecule is CS(=O)(=O)N(C(=O)NC(=O)OC[C@H]1COc2ccccc2O1)C1CCCCC1. The van der Waals surface area contributed by atoms with E-state index < -0.39 is 34.3 Å². The van der Waals surface area contributed by atoms with Crippen molar-refractivity contribution < 1.29 is 32.2 Å². The smallest absolute Gasteiger partial charge is 0.415 e. The van der Waals surface area contributed by atoms with E-state index in [9.17, 15) is 18.0 Å². The molecule has 28 heavy (non-hydrogen) atoms. The van der Waals surface area contributed by atoms with Crippen molar-refractivity contribution in [3.05, 3.63) is 24.3 Å². The van der Waals surface area contributed by atoms with Crippen LogP contribution < -0.4 is 14.8 Å². The molecule has 1 heterocycles. The van der Waals surface area contributed by atoms with Crippen molar-refractivity contribution >= 4 is 22.1 Å². The molecule has 0 spiro atoms. The second-order valence-corrected chi connectivity index (χ2v) is 8.74. The zero-order valence-electron chi connectivity index (χ0n) is 15.6. The van der Waals surface area contributed by atoms with E-state index in [1.807, 2.05) is 11.4 Å². The predicted octanol–water partition coefficient (Wildman–Crippen LogP) is 2.27. The first-order valence-electron chi connectivity index (χ1n) is 9.20. The second kappa shape index (κ2) is 8.68. The molecule has 1 fully saturated rings. The highest BCUT2D eigenvalue weighted by Gasteiger charge is 2.34. The third-order valence-electron chi connectivity index (χ3n) is 4.64. The largest absolute Gasteiger partial charge is 0.486 e. The molecule has 0 saturated heterocycles. The van der Waals surface area contributed by atoms with Crippen LogP contribution in [-0.2, 0) is 14.8 Å². The number of hydrogen-bond donors (Lipinski definition) is 1. The number of amides is 3. The van der Waals surface area contributed by atoms with Crippen molar-refractivity contribution in [2.24, 2.45) is 0 Å². The maximum atomic E-state index is 12.4. The molecule has 0 unspecified atom stereocenters. The lowest BCUT2D eigenvalue weighted by atomic mass is 9.96. The van der Waals surface area contributed by atoms with Crippen molar-refractivity contribution in [2.75, 3.05) is 19.5 Å². The van der Waals surface area contributed by atoms with Gasteiger partial charge in [0.2, 0.25) is 10.0 Å². The molecule has 10 heteroatoms. The molecule has 3 amide bonds. The first-order chi connectivity index (χ1) is 13.3. The van der Waals surface area contributed by atoms with Gasteiger partial charge in [-0.3, -0.25) is 0 Å². The summed E-state index contributed by atoms with van der Waals surface area (Å²) in [4.78, 5) is 24.4. The average Bonchev–Trinajstić information content (AvgIpc) is 2.66. The minimum Gasteiger partial charge on any atom is -0.486 e. The average molecular weight is 412 g/mol. The van der Waals surface area contributed by atoms with Crippen molar-refractivity contribution in [3.8, 4) is 11.5 Å². The van der Waals surface area contributed by atoms with E-state index in [2.05, 4.69) is 0 Å². The topological polar surface area (TPSA) is 111 Å². The van der Waals surface area contributed by atoms with Gasteiger partial charge in [-0.15, -0.1) is 0 Å². The number of fused-ring (bicyclic) bond motifs is 1. The van der Waals surface area contributed by atoms with E-state index in [4.69, 9.17) is 14.2 Å². The van der Waals surface area contributed by atoms with E-state index in [0.29, 0.717) is 24.3 Å². The van der Waals surface area contributed by atoms with Gasteiger partial charge < -0.3 is 14.2 Å². The molecule has 0 bridgehead atoms. The standard InChI is InChI=1S/C18H24N2O7S/c1-28(23,24)20(13-7-3-2-4-8-13)17(21)19-18(22)26-12-14-11-25-15-9-5-6-10-16(15)27-14/h5-6,9-10,13-14H,2-4,7-8,11-12H2,1H3,(H,19,21,22)/t14-/m1/s1. The normalized spacial score (nSPS) is 19.5. The quantitative estimate of drug-likeness (QED) is 0.807. The molecular weight excluding hydrogens is 388 g/mol. The Morgan fingerprint density at radius 1 is 1.18 bits per heavy atom. The minimum absolute atomic E-state index is 0.143. The Kier molecular flexibility index (Phi) is 6.28. The van der Waals surface area contributed by atoms with E-state index >= 15 is 0 Å². The number of hydrogen-bond acceptors (Lipinski definition) is 7. The fourth-order valence-corrected chi connectivity index (χ4v) is 4.49. The third kappa shape index (κ3) is 5.06. The highest BCUT2D eigenvalue weighted by Crippen LogP contribution is 2.30. The number of carbonyl (C=O) groups is 2. The van der Waals surface area contributed by atoms with Crippen LogP contribution in [0.1, 0.15) is 32.1 Å². The first-order valence-corrected chi connectivity index (χ1v) is 11.0. The van der Waals surface area contributed by atoms with Gasteiger partial charge in [0, 0.05) is 6.04 Å². The summed E-state index contributed by atoms with van der Waals surface area (Å²) in [5.74, 6) is 1.15. The number of alkyl carbamates (subject to hydrolysis) is 1. The number of rotatable bonds is 4. The molecule has 2 aliphatic rings. The van der Waals surface area contributed by atoms with Gasteiger partial charge in [0.15, 0.2) is 17.6 Å². The van der Waals surface area contributed by atoms with Gasteiger partial charge >= 0.3 is 12.1 Å². The van der Waals surface area contributed by atoms with Gasteiger partial charge in [0.1, 0.15) is 13.2 Å². The van der Waals surface area contributed by atoms with E-state index in [1.54, 1.807) is 18.2 Å². The zero-order valence-corrected chi connectivity index (χ0v) is 16.4. The lowest BCUT2D eigenvalue weighted by Crippen LogP contribution is -2.51. The summed E-state index contributed by atoms with van der Waals surface area (Å²) in [7, 11) is -3.81. The summed E-state index contributed by atoms with van der Waals surface area (Å²) in [5.41, 5.74) is 0. The predicted molar refractivity (Wildman–Crippen MR) is 99.8 cm³/mol. The Hall–Kier alpha value is -2.49. The molecule has 1 N–H and O–H groups in total. The van der Waals surface area contributed by atoms with E-state index in [0.717, 1.165) is 29.8 Å². The van der Waals surface area contributed by atoms with Gasteiger partial charge in [0.25, 0.3) is 0 Å². The van der Waals surface area contributed by atoms with Crippen molar-refractivity contribution in [1.82, 2.24) is 9.62 Å². The van der Waals surface area contributed by atoms with Crippen LogP contribution in [0.2, 0.25) is 0 Å². The molecular formula is C18H24N2O7S. The number of para-hydroxylation sites is 2. The number of nitrogens with zero attached hydrogens (tertiary/aromatic N) is 1. The van der Waals surface area contributed by atoms with Crippen LogP contribution in [-0.4, -0.2) is 56.5 Å². The lowest BCUT2D eigenvalue weighted by Gasteiger charge is -2.32. The molecule has 154 valence electrons. The van der Waals surface area contributed by atoms with Crippen LogP contribution in [0.5, 0.6) is 11.5 Å². The Labute approximate surface area is 164 Å². The fourth-order valence-electron chi connectivity index (χ4n) is 3.40. The van der Waals surface area contributed by atoms with Crippen molar-refractivity contribution in [3.63, 3.8) is 0 Å². The highest BCUT2D eigenvalue weighted by atomic mass is 32.2. The van der Waals surface area contributed by atoms with Gasteiger partial charge in [-0.05, 0) is 25.0 Å². The molecule has 9 nitrogen and oxygen atoms in total. The van der Waals surface area contributed by atoms with Crippen molar-refractivity contribution in [2.45, 2.75) is 44.2 Å². The Bertz CT molecular complexity index is 821. The fraction of sp³-hybridized carbons (Fsp3) is 0.556. The van der Waals surface area contributed by atoms with Crippen molar-refractivity contribution in [1.29, 1.82) is 0 Å². The number of sulfonamides is 1. The second-order valence-electron chi connectivity index (χ2n) is 6.88. The van der Waals surface area contributed by atoms with Crippen LogP contribution in [0, 0.1) is 0 Å². The zero-order chi connectivity index (χ0) is 20.1. The summed E-state index contributed by atoms with van der Waals surface area (Å²) in [6.07, 6.45) is 3.26. The molecule has 1 aliphatic carbocycles. The third-order valence-corrected chi connectivity index (χ3v) is 5.82. The van der Waals surface area contributed by atoms with Crippen LogP contribution in [0.4, 0.5) is 9.59 Å². The van der Waals surface area contributed by atoms with Gasteiger partial charge in [-0.2, -0.15) is 0 Å². The molecule has 1 aromatic rings. The lowest BCUT2D eigenvalue weighted by molar-refractivity contribution is 0.0340. The summed E-state index contributed by atoms with van der Waals surface area (Å²) in [6.45, 7) is 0.0472. The van der Waals surface area contributed by atoms with Gasteiger partial charge in [-0.1, -0.05) is 31.4 Å². The highest BCUT2D eigenvalue weighted by molar-refractivity contribution is 7.88. The molecule has 0 radical (unpaired) electrons. The van der Waals surface area contributed by atoms with Gasteiger partial charge in [0.05, 0.1) is 6.26 Å². The number of urea groups is 1. The van der Waals surface area contributed by atoms with Crippen LogP contribution in [0.25, 0.3) is 0 Å². The minimum atomic E-state index is -3.81. The molecule has 1 saturated carbocycles. The Morgan fingerprint density at radius 3 is 2.54 bits per heavy atom. The summed E-state index contributed by atoms with van der Waals surface area (Å²) in [5, 5.41) is 1.99. The van der Waals surface area contributed by atoms with E-state index in [1.165, 1.54) is 0 Å². The first kappa shape index (κ1) is 20.2. The molecule has 0 aromatic heterocycles. The van der Waals surface area contributed by atoms with E-state index in [-0.39, 0.29) is 13.2 Å². The molecule has 3 rings (SSSR count). The molecule has 1 aromatic carbocycles. The Morgan fingerprint density at radius 2 is 1.86 bits per heavy atom. The summed E-state index contributed by atoms with van der Waals surface area (Å²) in [6, 6.07) is 5.68. The maximum Gasteiger partial charge on any atom is 0.415 e. The number of carbonyl (C=O) groups excluding carboxylic acids is 2. The number of ether oxygens (including phenoxy) is 3. The summed E-state index contributed by atoms with van der Waals surface area (Å²) >= 11 is 0.